The number of hydrogen-bond donors (Lipinski definition) is 4. The predicted octanol–water partition coefficient (Wildman–Crippen LogP) is 1.86. The molecule has 7 heteroatoms. The van der Waals surface area contributed by atoms with Crippen molar-refractivity contribution in [3.63, 3.8) is 0 Å². The average molecular weight is 332 g/mol. The van der Waals surface area contributed by atoms with Crippen LogP contribution in [0.1, 0.15) is 17.2 Å². The summed E-state index contributed by atoms with van der Waals surface area (Å²) in [5.41, 5.74) is 2.37. The lowest BCUT2D eigenvalue weighted by Crippen LogP contribution is -2.28. The van der Waals surface area contributed by atoms with Crippen LogP contribution in [0.25, 0.3) is 11.0 Å². The van der Waals surface area contributed by atoms with Crippen LogP contribution in [0.3, 0.4) is 0 Å². The summed E-state index contributed by atoms with van der Waals surface area (Å²) in [5.74, 6) is -0.505. The molecule has 118 valence electrons. The van der Waals surface area contributed by atoms with Crippen molar-refractivity contribution in [1.82, 2.24) is 15.3 Å². The number of halogens is 1. The molecule has 0 bridgehead atoms. The molecular formula is C16H14ClN3O3. The van der Waals surface area contributed by atoms with Gasteiger partial charge in [-0.3, -0.25) is 4.79 Å². The first-order valence-corrected chi connectivity index (χ1v) is 7.33. The number of aliphatic hydroxyl groups is 1. The summed E-state index contributed by atoms with van der Waals surface area (Å²) in [6, 6.07) is 11.7. The monoisotopic (exact) mass is 331 g/mol. The minimum Gasteiger partial charge on any atom is -0.378 e. The highest BCUT2D eigenvalue weighted by molar-refractivity contribution is 6.30. The zero-order valence-electron chi connectivity index (χ0n) is 12.0. The molecule has 0 spiro atoms. The van der Waals surface area contributed by atoms with E-state index in [1.165, 1.54) is 0 Å². The highest BCUT2D eigenvalue weighted by Gasteiger charge is 2.16. The molecule has 0 aliphatic carbocycles. The Morgan fingerprint density at radius 2 is 1.83 bits per heavy atom. The van der Waals surface area contributed by atoms with Crippen LogP contribution in [0.15, 0.2) is 47.3 Å². The third-order valence-electron chi connectivity index (χ3n) is 3.48. The molecule has 0 aliphatic rings. The first-order valence-electron chi connectivity index (χ1n) is 6.95. The minimum absolute atomic E-state index is 0.243. The average Bonchev–Trinajstić information content (AvgIpc) is 2.92. The van der Waals surface area contributed by atoms with Crippen LogP contribution >= 0.6 is 11.6 Å². The van der Waals surface area contributed by atoms with E-state index in [-0.39, 0.29) is 12.2 Å². The number of benzene rings is 2. The van der Waals surface area contributed by atoms with Crippen molar-refractivity contribution >= 4 is 28.5 Å². The number of nitrogens with one attached hydrogen (secondary N) is 3. The summed E-state index contributed by atoms with van der Waals surface area (Å²) in [6.07, 6.45) is -1.26. The van der Waals surface area contributed by atoms with Gasteiger partial charge in [0.15, 0.2) is 6.10 Å². The maximum atomic E-state index is 12.0. The maximum absolute atomic E-state index is 12.0. The molecule has 0 saturated heterocycles. The highest BCUT2D eigenvalue weighted by Crippen LogP contribution is 2.17. The lowest BCUT2D eigenvalue weighted by atomic mass is 10.1. The Morgan fingerprint density at radius 3 is 2.57 bits per heavy atom. The smallest absolute Gasteiger partial charge is 0.323 e. The summed E-state index contributed by atoms with van der Waals surface area (Å²) < 4.78 is 0. The lowest BCUT2D eigenvalue weighted by Gasteiger charge is -2.12. The van der Waals surface area contributed by atoms with Crippen LogP contribution in [0.5, 0.6) is 0 Å². The Kier molecular flexibility index (Phi) is 4.18. The van der Waals surface area contributed by atoms with Gasteiger partial charge in [0.2, 0.25) is 0 Å². The summed E-state index contributed by atoms with van der Waals surface area (Å²) in [5, 5.41) is 13.2. The molecule has 1 amide bonds. The Labute approximate surface area is 136 Å². The number of aliphatic hydroxyl groups excluding tert-OH is 1. The van der Waals surface area contributed by atoms with E-state index in [1.54, 1.807) is 42.5 Å². The molecule has 4 N–H and O–H groups in total. The Bertz CT molecular complexity index is 899. The Hall–Kier alpha value is -2.57. The van der Waals surface area contributed by atoms with Gasteiger partial charge in [0.05, 0.1) is 11.0 Å². The molecule has 1 aromatic heterocycles. The zero-order valence-corrected chi connectivity index (χ0v) is 12.7. The van der Waals surface area contributed by atoms with Gasteiger partial charge in [0, 0.05) is 11.6 Å². The van der Waals surface area contributed by atoms with Crippen LogP contribution in [-0.4, -0.2) is 21.0 Å². The van der Waals surface area contributed by atoms with Gasteiger partial charge in [-0.25, -0.2) is 4.79 Å². The predicted molar refractivity (Wildman–Crippen MR) is 87.2 cm³/mol. The molecule has 3 rings (SSSR count). The van der Waals surface area contributed by atoms with Crippen molar-refractivity contribution < 1.29 is 9.90 Å². The van der Waals surface area contributed by atoms with Gasteiger partial charge < -0.3 is 20.4 Å². The number of imidazole rings is 1. The molecule has 0 unspecified atom stereocenters. The standard InChI is InChI=1S/C16H14ClN3O3/c17-11-4-2-10(3-5-11)14(21)15(22)18-8-9-1-6-12-13(7-9)20-16(23)19-12/h1-7,14,21H,8H2,(H,18,22)(H2,19,20,23)/t14-/m0/s1. The van der Waals surface area contributed by atoms with Gasteiger partial charge in [-0.15, -0.1) is 0 Å². The second-order valence-corrected chi connectivity index (χ2v) is 5.57. The van der Waals surface area contributed by atoms with Crippen LogP contribution < -0.4 is 11.0 Å². The van der Waals surface area contributed by atoms with E-state index in [9.17, 15) is 14.7 Å². The third kappa shape index (κ3) is 3.44. The first-order chi connectivity index (χ1) is 11.0. The maximum Gasteiger partial charge on any atom is 0.323 e. The summed E-state index contributed by atoms with van der Waals surface area (Å²) in [4.78, 5) is 28.5. The van der Waals surface area contributed by atoms with Crippen molar-refractivity contribution in [2.75, 3.05) is 0 Å². The van der Waals surface area contributed by atoms with Crippen molar-refractivity contribution in [2.24, 2.45) is 0 Å². The number of amides is 1. The normalized spacial score (nSPS) is 12.3. The van der Waals surface area contributed by atoms with Gasteiger partial charge in [-0.1, -0.05) is 29.8 Å². The molecule has 23 heavy (non-hydrogen) atoms. The van der Waals surface area contributed by atoms with Gasteiger partial charge in [0.1, 0.15) is 0 Å². The molecule has 0 fully saturated rings. The summed E-state index contributed by atoms with van der Waals surface area (Å²) >= 11 is 5.78. The zero-order chi connectivity index (χ0) is 16.4. The van der Waals surface area contributed by atoms with Gasteiger partial charge in [0.25, 0.3) is 5.91 Å². The molecule has 0 saturated carbocycles. The molecule has 1 atom stereocenters. The number of carbonyl (C=O) groups is 1. The Balaban J connectivity index is 1.67. The Morgan fingerprint density at radius 1 is 1.13 bits per heavy atom. The van der Waals surface area contributed by atoms with E-state index in [0.717, 1.165) is 5.56 Å². The number of carbonyl (C=O) groups excluding carboxylic acids is 1. The van der Waals surface area contributed by atoms with E-state index in [4.69, 9.17) is 11.6 Å². The van der Waals surface area contributed by atoms with Crippen molar-refractivity contribution in [3.05, 3.63) is 69.1 Å². The molecular weight excluding hydrogens is 318 g/mol. The highest BCUT2D eigenvalue weighted by atomic mass is 35.5. The molecule has 0 radical (unpaired) electrons. The van der Waals surface area contributed by atoms with Gasteiger partial charge >= 0.3 is 5.69 Å². The van der Waals surface area contributed by atoms with Crippen molar-refractivity contribution in [2.45, 2.75) is 12.6 Å². The molecule has 2 aromatic carbocycles. The molecule has 6 nitrogen and oxygen atoms in total. The fourth-order valence-corrected chi connectivity index (χ4v) is 2.40. The number of aromatic nitrogens is 2. The lowest BCUT2D eigenvalue weighted by molar-refractivity contribution is -0.129. The first kappa shape index (κ1) is 15.3. The quantitative estimate of drug-likeness (QED) is 0.587. The second-order valence-electron chi connectivity index (χ2n) is 5.13. The second kappa shape index (κ2) is 6.28. The topological polar surface area (TPSA) is 98.0 Å². The van der Waals surface area contributed by atoms with Crippen LogP contribution in [0, 0.1) is 0 Å². The largest absolute Gasteiger partial charge is 0.378 e. The van der Waals surface area contributed by atoms with Crippen molar-refractivity contribution in [1.29, 1.82) is 0 Å². The SMILES string of the molecule is O=C(NCc1ccc2[nH]c(=O)[nH]c2c1)[C@@H](O)c1ccc(Cl)cc1. The summed E-state index contributed by atoms with van der Waals surface area (Å²) in [6.45, 7) is 0.243. The van der Waals surface area contributed by atoms with Gasteiger partial charge in [-0.2, -0.15) is 0 Å². The van der Waals surface area contributed by atoms with Crippen LogP contribution in [0.4, 0.5) is 0 Å². The van der Waals surface area contributed by atoms with Crippen LogP contribution in [-0.2, 0) is 11.3 Å². The molecule has 3 aromatic rings. The number of hydrogen-bond acceptors (Lipinski definition) is 3. The van der Waals surface area contributed by atoms with Crippen LogP contribution in [0.2, 0.25) is 5.02 Å². The number of rotatable bonds is 4. The molecule has 1 heterocycles. The van der Waals surface area contributed by atoms with Crippen molar-refractivity contribution in [3.8, 4) is 0 Å². The van der Waals surface area contributed by atoms with E-state index < -0.39 is 12.0 Å². The number of aromatic amines is 2. The van der Waals surface area contributed by atoms with Gasteiger partial charge in [-0.05, 0) is 35.4 Å². The van der Waals surface area contributed by atoms with E-state index in [1.807, 2.05) is 0 Å². The minimum atomic E-state index is -1.26. The number of H-pyrrole nitrogens is 2. The van der Waals surface area contributed by atoms with E-state index >= 15 is 0 Å². The number of fused-ring (bicyclic) bond motifs is 1. The molecule has 0 aliphatic heterocycles. The third-order valence-corrected chi connectivity index (χ3v) is 3.73. The van der Waals surface area contributed by atoms with E-state index in [0.29, 0.717) is 21.6 Å². The van der Waals surface area contributed by atoms with E-state index in [2.05, 4.69) is 15.3 Å². The fraction of sp³-hybridized carbons (Fsp3) is 0.125. The summed E-state index contributed by atoms with van der Waals surface area (Å²) in [7, 11) is 0. The fourth-order valence-electron chi connectivity index (χ4n) is 2.27.